The number of amides is 1. The number of carbonyl (C=O) groups is 1. The van der Waals surface area contributed by atoms with Crippen LogP contribution in [0.25, 0.3) is 33.3 Å². The van der Waals surface area contributed by atoms with Crippen LogP contribution in [0.2, 0.25) is 0 Å². The average Bonchev–Trinajstić information content (AvgIpc) is 3.23. The van der Waals surface area contributed by atoms with Crippen LogP contribution < -0.4 is 10.1 Å². The largest absolute Gasteiger partial charge is 0.507 e. The van der Waals surface area contributed by atoms with Crippen LogP contribution in [0.1, 0.15) is 0 Å². The molecule has 1 amide bonds. The third-order valence-electron chi connectivity index (χ3n) is 4.97. The number of oxazole rings is 1. The highest BCUT2D eigenvalue weighted by Gasteiger charge is 2.12. The normalized spacial score (nSPS) is 11.0. The van der Waals surface area contributed by atoms with Crippen LogP contribution in [0.4, 0.5) is 5.69 Å². The quantitative estimate of drug-likeness (QED) is 0.310. The second-order valence-corrected chi connectivity index (χ2v) is 8.04. The predicted octanol–water partition coefficient (Wildman–Crippen LogP) is 6.13. The first-order valence-electron chi connectivity index (χ1n) is 9.87. The van der Waals surface area contributed by atoms with Crippen LogP contribution in [0, 0.1) is 0 Å². The van der Waals surface area contributed by atoms with Crippen molar-refractivity contribution in [3.05, 3.63) is 83.3 Å². The number of fused-ring (bicyclic) bond motifs is 2. The Bertz CT molecular complexity index is 1460. The smallest absolute Gasteiger partial charge is 0.262 e. The van der Waals surface area contributed by atoms with Crippen LogP contribution >= 0.6 is 15.9 Å². The molecule has 1 aromatic heterocycles. The average molecular weight is 489 g/mol. The Balaban J connectivity index is 1.30. The molecule has 5 aromatic rings. The molecule has 0 saturated heterocycles. The fourth-order valence-electron chi connectivity index (χ4n) is 3.43. The van der Waals surface area contributed by atoms with Crippen molar-refractivity contribution < 1.29 is 19.1 Å². The Labute approximate surface area is 191 Å². The van der Waals surface area contributed by atoms with Crippen molar-refractivity contribution in [1.82, 2.24) is 4.98 Å². The lowest BCUT2D eigenvalue weighted by atomic mass is 10.1. The Morgan fingerprint density at radius 3 is 2.75 bits per heavy atom. The number of nitrogens with zero attached hydrogens (tertiary/aromatic N) is 1. The highest BCUT2D eigenvalue weighted by atomic mass is 79.9. The summed E-state index contributed by atoms with van der Waals surface area (Å²) in [5, 5.41) is 14.5. The van der Waals surface area contributed by atoms with Gasteiger partial charge in [0.05, 0.1) is 4.47 Å². The zero-order valence-electron chi connectivity index (χ0n) is 16.7. The number of benzene rings is 4. The van der Waals surface area contributed by atoms with Crippen LogP contribution in [0.15, 0.2) is 87.8 Å². The third-order valence-corrected chi connectivity index (χ3v) is 5.61. The van der Waals surface area contributed by atoms with E-state index in [1.165, 1.54) is 0 Å². The Kier molecular flexibility index (Phi) is 5.25. The summed E-state index contributed by atoms with van der Waals surface area (Å²) >= 11 is 3.29. The fraction of sp³-hybridized carbons (Fsp3) is 0.0400. The minimum absolute atomic E-state index is 0.113. The van der Waals surface area contributed by atoms with Crippen LogP contribution in [0.3, 0.4) is 0 Å². The lowest BCUT2D eigenvalue weighted by molar-refractivity contribution is -0.118. The number of phenols is 1. The minimum Gasteiger partial charge on any atom is -0.507 e. The molecule has 0 saturated carbocycles. The molecule has 0 radical (unpaired) electrons. The van der Waals surface area contributed by atoms with Gasteiger partial charge in [0.2, 0.25) is 5.89 Å². The third kappa shape index (κ3) is 4.02. The monoisotopic (exact) mass is 488 g/mol. The van der Waals surface area contributed by atoms with E-state index in [-0.39, 0.29) is 18.3 Å². The van der Waals surface area contributed by atoms with Gasteiger partial charge in [-0.25, -0.2) is 4.98 Å². The molecule has 5 rings (SSSR count). The molecule has 0 unspecified atom stereocenters. The van der Waals surface area contributed by atoms with Gasteiger partial charge in [0.25, 0.3) is 5.91 Å². The van der Waals surface area contributed by atoms with Crippen molar-refractivity contribution in [3.63, 3.8) is 0 Å². The van der Waals surface area contributed by atoms with Crippen molar-refractivity contribution >= 4 is 49.4 Å². The van der Waals surface area contributed by atoms with E-state index in [2.05, 4.69) is 26.2 Å². The lowest BCUT2D eigenvalue weighted by Crippen LogP contribution is -2.20. The fourth-order valence-corrected chi connectivity index (χ4v) is 3.81. The Morgan fingerprint density at radius 2 is 1.88 bits per heavy atom. The molecule has 32 heavy (non-hydrogen) atoms. The number of aromatic hydroxyl groups is 1. The molecule has 0 spiro atoms. The number of halogens is 1. The highest BCUT2D eigenvalue weighted by Crippen LogP contribution is 2.31. The molecule has 0 aliphatic rings. The van der Waals surface area contributed by atoms with Gasteiger partial charge in [0.15, 0.2) is 12.2 Å². The number of ether oxygens (including phenoxy) is 1. The second kappa shape index (κ2) is 8.36. The molecule has 6 nitrogen and oxygen atoms in total. The van der Waals surface area contributed by atoms with E-state index in [9.17, 15) is 9.90 Å². The summed E-state index contributed by atoms with van der Waals surface area (Å²) in [4.78, 5) is 16.9. The molecule has 0 bridgehead atoms. The zero-order valence-corrected chi connectivity index (χ0v) is 18.3. The minimum atomic E-state index is -0.275. The Morgan fingerprint density at radius 1 is 1.03 bits per heavy atom. The summed E-state index contributed by atoms with van der Waals surface area (Å²) in [7, 11) is 0. The first-order chi connectivity index (χ1) is 15.6. The standard InChI is InChI=1S/C25H17BrN2O4/c26-19-12-16(8-10-21(19)29)25-28-20-13-17(9-11-23(20)32-25)27-24(30)14-31-22-7-3-5-15-4-1-2-6-18(15)22/h1-13,29H,14H2,(H,27,30). The van der Waals surface area contributed by atoms with Gasteiger partial charge in [-0.05, 0) is 63.8 Å². The van der Waals surface area contributed by atoms with Gasteiger partial charge in [0, 0.05) is 16.6 Å². The van der Waals surface area contributed by atoms with E-state index in [0.29, 0.717) is 32.9 Å². The molecule has 1 heterocycles. The number of aromatic nitrogens is 1. The van der Waals surface area contributed by atoms with Gasteiger partial charge < -0.3 is 19.6 Å². The van der Waals surface area contributed by atoms with Crippen LogP contribution in [-0.4, -0.2) is 22.6 Å². The van der Waals surface area contributed by atoms with Crippen molar-refractivity contribution in [1.29, 1.82) is 0 Å². The van der Waals surface area contributed by atoms with E-state index in [4.69, 9.17) is 9.15 Å². The van der Waals surface area contributed by atoms with E-state index >= 15 is 0 Å². The molecule has 4 aromatic carbocycles. The molecular weight excluding hydrogens is 472 g/mol. The first-order valence-corrected chi connectivity index (χ1v) is 10.7. The number of carbonyl (C=O) groups excluding carboxylic acids is 1. The van der Waals surface area contributed by atoms with Crippen molar-refractivity contribution in [2.24, 2.45) is 0 Å². The van der Waals surface area contributed by atoms with Gasteiger partial charge in [-0.3, -0.25) is 4.79 Å². The molecule has 7 heteroatoms. The number of hydrogen-bond acceptors (Lipinski definition) is 5. The summed E-state index contributed by atoms with van der Waals surface area (Å²) in [6.45, 7) is -0.113. The summed E-state index contributed by atoms with van der Waals surface area (Å²) in [6, 6.07) is 23.9. The zero-order chi connectivity index (χ0) is 22.1. The van der Waals surface area contributed by atoms with Crippen LogP contribution in [-0.2, 0) is 4.79 Å². The predicted molar refractivity (Wildman–Crippen MR) is 127 cm³/mol. The maximum atomic E-state index is 12.4. The molecule has 0 aliphatic carbocycles. The van der Waals surface area contributed by atoms with Crippen molar-refractivity contribution in [2.75, 3.05) is 11.9 Å². The van der Waals surface area contributed by atoms with Crippen molar-refractivity contribution in [3.8, 4) is 23.0 Å². The maximum absolute atomic E-state index is 12.4. The number of hydrogen-bond donors (Lipinski definition) is 2. The molecule has 2 N–H and O–H groups in total. The molecule has 0 aliphatic heterocycles. The maximum Gasteiger partial charge on any atom is 0.262 e. The van der Waals surface area contributed by atoms with Gasteiger partial charge in [0.1, 0.15) is 17.0 Å². The van der Waals surface area contributed by atoms with E-state index < -0.39 is 0 Å². The summed E-state index contributed by atoms with van der Waals surface area (Å²) in [5.41, 5.74) is 2.52. The van der Waals surface area contributed by atoms with E-state index in [1.54, 1.807) is 36.4 Å². The second-order valence-electron chi connectivity index (χ2n) is 7.18. The topological polar surface area (TPSA) is 84.6 Å². The molecule has 0 fully saturated rings. The molecule has 0 atom stereocenters. The van der Waals surface area contributed by atoms with Crippen LogP contribution in [0.5, 0.6) is 11.5 Å². The number of nitrogens with one attached hydrogen (secondary N) is 1. The van der Waals surface area contributed by atoms with Gasteiger partial charge in [-0.15, -0.1) is 0 Å². The SMILES string of the molecule is O=C(COc1cccc2ccccc12)Nc1ccc2oc(-c3ccc(O)c(Br)c3)nc2c1. The number of anilines is 1. The first kappa shape index (κ1) is 20.1. The number of rotatable bonds is 5. The van der Waals surface area contributed by atoms with E-state index in [1.807, 2.05) is 42.5 Å². The lowest BCUT2D eigenvalue weighted by Gasteiger charge is -2.09. The van der Waals surface area contributed by atoms with Crippen molar-refractivity contribution in [2.45, 2.75) is 0 Å². The number of phenolic OH excluding ortho intramolecular Hbond substituents is 1. The summed E-state index contributed by atoms with van der Waals surface area (Å²) < 4.78 is 12.1. The van der Waals surface area contributed by atoms with Gasteiger partial charge in [-0.1, -0.05) is 36.4 Å². The van der Waals surface area contributed by atoms with E-state index in [0.717, 1.165) is 16.3 Å². The summed E-state index contributed by atoms with van der Waals surface area (Å²) in [5.74, 6) is 0.947. The highest BCUT2D eigenvalue weighted by molar-refractivity contribution is 9.10. The van der Waals surface area contributed by atoms with Gasteiger partial charge in [-0.2, -0.15) is 0 Å². The molecular formula is C25H17BrN2O4. The molecule has 158 valence electrons. The Hall–Kier alpha value is -3.84. The van der Waals surface area contributed by atoms with Gasteiger partial charge >= 0.3 is 0 Å². The summed E-state index contributed by atoms with van der Waals surface area (Å²) in [6.07, 6.45) is 0.